The molecule has 0 aliphatic rings. The van der Waals surface area contributed by atoms with Gasteiger partial charge in [-0.15, -0.1) is 0 Å². The van der Waals surface area contributed by atoms with Crippen molar-refractivity contribution in [2.45, 2.75) is 32.9 Å². The van der Waals surface area contributed by atoms with Crippen LogP contribution in [0.3, 0.4) is 0 Å². The first-order valence-corrected chi connectivity index (χ1v) is 6.61. The first-order valence-electron chi connectivity index (χ1n) is 6.61. The van der Waals surface area contributed by atoms with Crippen LogP contribution < -0.4 is 0 Å². The van der Waals surface area contributed by atoms with E-state index in [4.69, 9.17) is 9.84 Å². The van der Waals surface area contributed by atoms with Crippen molar-refractivity contribution in [2.75, 3.05) is 13.7 Å². The van der Waals surface area contributed by atoms with E-state index in [0.29, 0.717) is 6.54 Å². The van der Waals surface area contributed by atoms with E-state index >= 15 is 0 Å². The van der Waals surface area contributed by atoms with Gasteiger partial charge in [-0.25, -0.2) is 4.79 Å². The number of aromatic carboxylic acids is 1. The van der Waals surface area contributed by atoms with E-state index in [2.05, 4.69) is 13.8 Å². The Morgan fingerprint density at radius 1 is 1.30 bits per heavy atom. The molecular formula is C15H21NO4. The number of carboxylic acids is 1. The normalized spacial score (nSPS) is 12.2. The molecule has 0 saturated carbocycles. The van der Waals surface area contributed by atoms with E-state index in [1.807, 2.05) is 4.90 Å². The third-order valence-electron chi connectivity index (χ3n) is 3.36. The molecule has 1 atom stereocenters. The van der Waals surface area contributed by atoms with Gasteiger partial charge in [0.05, 0.1) is 19.2 Å². The fourth-order valence-corrected chi connectivity index (χ4v) is 1.84. The van der Waals surface area contributed by atoms with Gasteiger partial charge in [-0.1, -0.05) is 19.1 Å². The highest BCUT2D eigenvalue weighted by atomic mass is 16.5. The number of benzene rings is 1. The second-order valence-electron chi connectivity index (χ2n) is 4.74. The molecule has 1 aromatic rings. The van der Waals surface area contributed by atoms with E-state index in [0.717, 1.165) is 12.0 Å². The molecule has 1 N–H and O–H groups in total. The lowest BCUT2D eigenvalue weighted by Crippen LogP contribution is -2.37. The Labute approximate surface area is 119 Å². The quantitative estimate of drug-likeness (QED) is 0.775. The fourth-order valence-electron chi connectivity index (χ4n) is 1.84. The summed E-state index contributed by atoms with van der Waals surface area (Å²) in [5.41, 5.74) is 1.23. The first-order chi connectivity index (χ1) is 9.47. The molecule has 20 heavy (non-hydrogen) atoms. The van der Waals surface area contributed by atoms with Crippen molar-refractivity contribution < 1.29 is 19.4 Å². The molecule has 110 valence electrons. The van der Waals surface area contributed by atoms with Crippen molar-refractivity contribution in [3.05, 3.63) is 35.4 Å². The van der Waals surface area contributed by atoms with Gasteiger partial charge in [-0.05, 0) is 31.0 Å². The Morgan fingerprint density at radius 2 is 1.90 bits per heavy atom. The van der Waals surface area contributed by atoms with Crippen molar-refractivity contribution in [2.24, 2.45) is 0 Å². The van der Waals surface area contributed by atoms with Crippen molar-refractivity contribution >= 4 is 11.9 Å². The van der Waals surface area contributed by atoms with Gasteiger partial charge >= 0.3 is 11.9 Å². The van der Waals surface area contributed by atoms with Gasteiger partial charge in [0, 0.05) is 12.6 Å². The summed E-state index contributed by atoms with van der Waals surface area (Å²) in [5, 5.41) is 8.86. The third-order valence-corrected chi connectivity index (χ3v) is 3.36. The summed E-state index contributed by atoms with van der Waals surface area (Å²) in [6.45, 7) is 4.92. The predicted molar refractivity (Wildman–Crippen MR) is 75.6 cm³/mol. The second kappa shape index (κ2) is 7.65. The summed E-state index contributed by atoms with van der Waals surface area (Å²) in [5.74, 6) is -1.21. The van der Waals surface area contributed by atoms with Gasteiger partial charge in [-0.2, -0.15) is 0 Å². The number of hydrogen-bond donors (Lipinski definition) is 1. The molecule has 0 spiro atoms. The van der Waals surface area contributed by atoms with Gasteiger partial charge in [0.1, 0.15) is 0 Å². The number of nitrogens with zero attached hydrogens (tertiary/aromatic N) is 1. The summed E-state index contributed by atoms with van der Waals surface area (Å²) in [4.78, 5) is 24.3. The molecule has 0 radical (unpaired) electrons. The zero-order valence-corrected chi connectivity index (χ0v) is 12.1. The lowest BCUT2D eigenvalue weighted by molar-refractivity contribution is -0.142. The largest absolute Gasteiger partial charge is 0.478 e. The predicted octanol–water partition coefficient (Wildman–Crippen LogP) is 2.16. The van der Waals surface area contributed by atoms with Crippen LogP contribution in [0.5, 0.6) is 0 Å². The number of ether oxygens (including phenoxy) is 1. The smallest absolute Gasteiger partial charge is 0.335 e. The van der Waals surface area contributed by atoms with Crippen molar-refractivity contribution in [3.8, 4) is 0 Å². The van der Waals surface area contributed by atoms with E-state index in [9.17, 15) is 9.59 Å². The average Bonchev–Trinajstić information content (AvgIpc) is 2.46. The van der Waals surface area contributed by atoms with Crippen LogP contribution in [0.15, 0.2) is 24.3 Å². The first kappa shape index (κ1) is 16.2. The van der Waals surface area contributed by atoms with Crippen LogP contribution in [-0.2, 0) is 16.1 Å². The summed E-state index contributed by atoms with van der Waals surface area (Å²) < 4.78 is 4.71. The molecule has 0 aromatic heterocycles. The monoisotopic (exact) mass is 279 g/mol. The number of carbonyl (C=O) groups is 2. The summed E-state index contributed by atoms with van der Waals surface area (Å²) in [6, 6.07) is 6.94. The molecule has 0 aliphatic heterocycles. The molecule has 0 bridgehead atoms. The number of methoxy groups -OCH3 is 1. The number of carboxylic acid groups (broad SMARTS) is 1. The van der Waals surface area contributed by atoms with Gasteiger partial charge < -0.3 is 9.84 Å². The topological polar surface area (TPSA) is 66.8 Å². The maximum atomic E-state index is 11.4. The molecule has 1 aromatic carbocycles. The molecule has 1 unspecified atom stereocenters. The minimum atomic E-state index is -0.940. The highest BCUT2D eigenvalue weighted by Gasteiger charge is 2.17. The Kier molecular flexibility index (Phi) is 6.18. The summed E-state index contributed by atoms with van der Waals surface area (Å²) >= 11 is 0. The Balaban J connectivity index is 2.78. The zero-order chi connectivity index (χ0) is 15.1. The van der Waals surface area contributed by atoms with E-state index in [1.165, 1.54) is 7.11 Å². The van der Waals surface area contributed by atoms with E-state index in [1.54, 1.807) is 24.3 Å². The van der Waals surface area contributed by atoms with Crippen LogP contribution in [0.1, 0.15) is 36.2 Å². The van der Waals surface area contributed by atoms with Crippen LogP contribution in [0.2, 0.25) is 0 Å². The molecule has 0 fully saturated rings. The van der Waals surface area contributed by atoms with Crippen LogP contribution in [-0.4, -0.2) is 41.6 Å². The molecule has 1 rings (SSSR count). The van der Waals surface area contributed by atoms with Gasteiger partial charge in [-0.3, -0.25) is 9.69 Å². The highest BCUT2D eigenvalue weighted by molar-refractivity contribution is 5.87. The number of carbonyl (C=O) groups excluding carboxylic acids is 1. The van der Waals surface area contributed by atoms with Gasteiger partial charge in [0.15, 0.2) is 0 Å². The van der Waals surface area contributed by atoms with Crippen LogP contribution in [0, 0.1) is 0 Å². The molecular weight excluding hydrogens is 258 g/mol. The fraction of sp³-hybridized carbons (Fsp3) is 0.467. The number of rotatable bonds is 7. The maximum Gasteiger partial charge on any atom is 0.335 e. The Morgan fingerprint density at radius 3 is 2.35 bits per heavy atom. The minimum Gasteiger partial charge on any atom is -0.478 e. The third kappa shape index (κ3) is 4.66. The summed E-state index contributed by atoms with van der Waals surface area (Å²) in [7, 11) is 1.37. The Hall–Kier alpha value is -1.88. The van der Waals surface area contributed by atoms with Crippen molar-refractivity contribution in [1.82, 2.24) is 4.90 Å². The van der Waals surface area contributed by atoms with E-state index < -0.39 is 5.97 Å². The van der Waals surface area contributed by atoms with Gasteiger partial charge in [0.25, 0.3) is 0 Å². The SMILES string of the molecule is CCC(C)N(CC(=O)OC)Cc1ccc(C(=O)O)cc1. The minimum absolute atomic E-state index is 0.228. The molecule has 5 nitrogen and oxygen atoms in total. The second-order valence-corrected chi connectivity index (χ2v) is 4.74. The number of esters is 1. The summed E-state index contributed by atoms with van der Waals surface area (Å²) in [6.07, 6.45) is 0.921. The van der Waals surface area contributed by atoms with Crippen LogP contribution in [0.25, 0.3) is 0 Å². The Bertz CT molecular complexity index is 455. The molecule has 0 heterocycles. The van der Waals surface area contributed by atoms with Crippen LogP contribution in [0.4, 0.5) is 0 Å². The molecule has 0 aliphatic carbocycles. The molecule has 0 amide bonds. The lowest BCUT2D eigenvalue weighted by atomic mass is 10.1. The van der Waals surface area contributed by atoms with Crippen molar-refractivity contribution in [1.29, 1.82) is 0 Å². The maximum absolute atomic E-state index is 11.4. The molecule has 5 heteroatoms. The van der Waals surface area contributed by atoms with E-state index in [-0.39, 0.29) is 24.1 Å². The zero-order valence-electron chi connectivity index (χ0n) is 12.1. The highest BCUT2D eigenvalue weighted by Crippen LogP contribution is 2.12. The standard InChI is InChI=1S/C15H21NO4/c1-4-11(2)16(10-14(17)20-3)9-12-5-7-13(8-6-12)15(18)19/h5-8,11H,4,9-10H2,1-3H3,(H,18,19). The van der Waals surface area contributed by atoms with Crippen LogP contribution >= 0.6 is 0 Å². The number of hydrogen-bond acceptors (Lipinski definition) is 4. The molecule has 0 saturated heterocycles. The average molecular weight is 279 g/mol. The van der Waals surface area contributed by atoms with Crippen molar-refractivity contribution in [3.63, 3.8) is 0 Å². The van der Waals surface area contributed by atoms with Gasteiger partial charge in [0.2, 0.25) is 0 Å². The lowest BCUT2D eigenvalue weighted by Gasteiger charge is -2.27.